The number of aromatic nitrogens is 1. The van der Waals surface area contributed by atoms with Crippen molar-refractivity contribution in [1.29, 1.82) is 0 Å². The van der Waals surface area contributed by atoms with Crippen LogP contribution in [-0.2, 0) is 21.4 Å². The van der Waals surface area contributed by atoms with Gasteiger partial charge in [0, 0.05) is 17.4 Å². The molecule has 0 aliphatic carbocycles. The number of hydrogen-bond acceptors (Lipinski definition) is 7. The average Bonchev–Trinajstić information content (AvgIpc) is 2.82. The summed E-state index contributed by atoms with van der Waals surface area (Å²) >= 11 is 6.14. The van der Waals surface area contributed by atoms with Crippen LogP contribution in [-0.4, -0.2) is 24.1 Å². The molecule has 3 aromatic carbocycles. The molecule has 0 amide bonds. The van der Waals surface area contributed by atoms with Crippen molar-refractivity contribution in [2.75, 3.05) is 12.4 Å². The van der Waals surface area contributed by atoms with Crippen LogP contribution in [0.5, 0.6) is 11.6 Å². The van der Waals surface area contributed by atoms with Gasteiger partial charge in [0.1, 0.15) is 16.9 Å². The second-order valence-corrected chi connectivity index (χ2v) is 9.69. The lowest BCUT2D eigenvalue weighted by Crippen LogP contribution is -2.47. The van der Waals surface area contributed by atoms with E-state index in [2.05, 4.69) is 10.3 Å². The van der Waals surface area contributed by atoms with E-state index in [1.54, 1.807) is 18.2 Å². The SMILES string of the molecule is COC(=O)[C@H](Cc1ccc(Oc2nc(Cl)cc3ccccc23)cc1)Nc1c(C(C)(C)C)c(=O)c1=O. The van der Waals surface area contributed by atoms with Crippen molar-refractivity contribution in [3.05, 3.63) is 91.3 Å². The van der Waals surface area contributed by atoms with E-state index in [-0.39, 0.29) is 12.1 Å². The van der Waals surface area contributed by atoms with Crippen LogP contribution in [0.1, 0.15) is 31.9 Å². The van der Waals surface area contributed by atoms with Crippen molar-refractivity contribution in [3.63, 3.8) is 0 Å². The highest BCUT2D eigenvalue weighted by atomic mass is 35.5. The van der Waals surface area contributed by atoms with Crippen molar-refractivity contribution in [3.8, 4) is 11.6 Å². The molecule has 0 saturated heterocycles. The Morgan fingerprint density at radius 2 is 1.74 bits per heavy atom. The molecule has 0 saturated carbocycles. The van der Waals surface area contributed by atoms with E-state index in [1.165, 1.54) is 7.11 Å². The van der Waals surface area contributed by atoms with E-state index < -0.39 is 28.3 Å². The van der Waals surface area contributed by atoms with Crippen LogP contribution in [0, 0.1) is 0 Å². The Morgan fingerprint density at radius 1 is 1.06 bits per heavy atom. The maximum Gasteiger partial charge on any atom is 0.328 e. The Morgan fingerprint density at radius 3 is 2.40 bits per heavy atom. The summed E-state index contributed by atoms with van der Waals surface area (Å²) in [6, 6.07) is 15.7. The first-order valence-corrected chi connectivity index (χ1v) is 11.5. The van der Waals surface area contributed by atoms with E-state index in [0.29, 0.717) is 22.3 Å². The number of anilines is 1. The van der Waals surface area contributed by atoms with Crippen molar-refractivity contribution < 1.29 is 14.3 Å². The Hall–Kier alpha value is -3.71. The van der Waals surface area contributed by atoms with Crippen LogP contribution >= 0.6 is 11.6 Å². The number of pyridine rings is 1. The van der Waals surface area contributed by atoms with Crippen molar-refractivity contribution in [2.45, 2.75) is 38.6 Å². The smallest absolute Gasteiger partial charge is 0.328 e. The van der Waals surface area contributed by atoms with Gasteiger partial charge < -0.3 is 14.8 Å². The molecular weight excluding hydrogens is 468 g/mol. The summed E-state index contributed by atoms with van der Waals surface area (Å²) in [4.78, 5) is 41.0. The van der Waals surface area contributed by atoms with E-state index in [9.17, 15) is 14.4 Å². The van der Waals surface area contributed by atoms with Crippen LogP contribution in [0.2, 0.25) is 5.15 Å². The summed E-state index contributed by atoms with van der Waals surface area (Å²) in [6.45, 7) is 5.54. The highest BCUT2D eigenvalue weighted by molar-refractivity contribution is 6.30. The number of carbonyl (C=O) groups excluding carboxylic acids is 1. The summed E-state index contributed by atoms with van der Waals surface area (Å²) in [6.07, 6.45) is 0.244. The summed E-state index contributed by atoms with van der Waals surface area (Å²) in [7, 11) is 1.28. The molecule has 1 aromatic heterocycles. The monoisotopic (exact) mass is 492 g/mol. The van der Waals surface area contributed by atoms with Gasteiger partial charge in [0.05, 0.1) is 12.8 Å². The van der Waals surface area contributed by atoms with Gasteiger partial charge in [-0.2, -0.15) is 0 Å². The molecule has 0 bridgehead atoms. The number of hydrogen-bond donors (Lipinski definition) is 1. The fourth-order valence-corrected chi connectivity index (χ4v) is 4.20. The first-order chi connectivity index (χ1) is 16.6. The number of rotatable bonds is 7. The summed E-state index contributed by atoms with van der Waals surface area (Å²) in [5, 5.41) is 5.03. The molecule has 1 N–H and O–H groups in total. The number of esters is 1. The minimum Gasteiger partial charge on any atom is -0.467 e. The van der Waals surface area contributed by atoms with Crippen LogP contribution in [0.4, 0.5) is 5.69 Å². The molecule has 0 radical (unpaired) electrons. The molecule has 4 rings (SSSR count). The highest BCUT2D eigenvalue weighted by Gasteiger charge is 2.33. The number of nitrogens with zero attached hydrogens (tertiary/aromatic N) is 1. The lowest BCUT2D eigenvalue weighted by molar-refractivity contribution is -0.141. The number of fused-ring (bicyclic) bond motifs is 1. The minimum absolute atomic E-state index is 0.178. The number of halogens is 1. The van der Waals surface area contributed by atoms with Crippen LogP contribution in [0.3, 0.4) is 0 Å². The zero-order chi connectivity index (χ0) is 25.3. The van der Waals surface area contributed by atoms with Gasteiger partial charge >= 0.3 is 5.97 Å². The highest BCUT2D eigenvalue weighted by Crippen LogP contribution is 2.31. The number of benzene rings is 2. The van der Waals surface area contributed by atoms with Gasteiger partial charge in [0.2, 0.25) is 16.7 Å². The van der Waals surface area contributed by atoms with Crippen molar-refractivity contribution in [1.82, 2.24) is 4.98 Å². The van der Waals surface area contributed by atoms with Crippen LogP contribution in [0.15, 0.2) is 64.2 Å². The second-order valence-electron chi connectivity index (χ2n) is 9.30. The third-order valence-corrected chi connectivity index (χ3v) is 5.91. The molecule has 7 nitrogen and oxygen atoms in total. The molecule has 4 aromatic rings. The first kappa shape index (κ1) is 24.4. The van der Waals surface area contributed by atoms with Gasteiger partial charge in [-0.15, -0.1) is 0 Å². The standard InChI is InChI=1S/C27H25ClN2O5/c1-27(2,3)21-22(24(32)23(21)31)29-19(26(33)34-4)13-15-9-11-17(12-10-15)35-25-18-8-6-5-7-16(18)14-20(28)30-25/h5-12,14,19,29H,13H2,1-4H3/t19-/m0/s1. The zero-order valence-electron chi connectivity index (χ0n) is 19.8. The average molecular weight is 493 g/mol. The largest absolute Gasteiger partial charge is 0.467 e. The van der Waals surface area contributed by atoms with E-state index in [0.717, 1.165) is 16.3 Å². The first-order valence-electron chi connectivity index (χ1n) is 11.1. The molecule has 0 unspecified atom stereocenters. The van der Waals surface area contributed by atoms with E-state index >= 15 is 0 Å². The second kappa shape index (κ2) is 9.50. The Labute approximate surface area is 207 Å². The molecule has 0 aliphatic heterocycles. The molecule has 35 heavy (non-hydrogen) atoms. The molecule has 1 atom stereocenters. The Balaban J connectivity index is 1.54. The molecule has 1 heterocycles. The lowest BCUT2D eigenvalue weighted by Gasteiger charge is -2.26. The molecule has 0 spiro atoms. The van der Waals surface area contributed by atoms with Gasteiger partial charge in [-0.25, -0.2) is 9.78 Å². The summed E-state index contributed by atoms with van der Waals surface area (Å²) < 4.78 is 10.9. The lowest BCUT2D eigenvalue weighted by atomic mass is 9.82. The quantitative estimate of drug-likeness (QED) is 0.225. The molecule has 0 aliphatic rings. The molecule has 8 heteroatoms. The molecular formula is C27H25ClN2O5. The third kappa shape index (κ3) is 5.05. The summed E-state index contributed by atoms with van der Waals surface area (Å²) in [5.41, 5.74) is -0.287. The fraction of sp³-hybridized carbons (Fsp3) is 0.259. The van der Waals surface area contributed by atoms with Crippen molar-refractivity contribution in [2.24, 2.45) is 0 Å². The van der Waals surface area contributed by atoms with Gasteiger partial charge in [-0.05, 0) is 40.6 Å². The minimum atomic E-state index is -0.838. The van der Waals surface area contributed by atoms with Crippen LogP contribution < -0.4 is 20.9 Å². The molecule has 180 valence electrons. The number of carbonyl (C=O) groups is 1. The topological polar surface area (TPSA) is 94.6 Å². The number of ether oxygens (including phenoxy) is 2. The maximum atomic E-state index is 12.5. The normalized spacial score (nSPS) is 12.5. The maximum absolute atomic E-state index is 12.5. The van der Waals surface area contributed by atoms with Crippen molar-refractivity contribution >= 4 is 34.0 Å². The van der Waals surface area contributed by atoms with Gasteiger partial charge in [0.25, 0.3) is 0 Å². The van der Waals surface area contributed by atoms with E-state index in [4.69, 9.17) is 21.1 Å². The van der Waals surface area contributed by atoms with E-state index in [1.807, 2.05) is 57.2 Å². The Kier molecular flexibility index (Phi) is 6.63. The zero-order valence-corrected chi connectivity index (χ0v) is 20.6. The number of methoxy groups -OCH3 is 1. The van der Waals surface area contributed by atoms with Crippen LogP contribution in [0.25, 0.3) is 10.8 Å². The summed E-state index contributed by atoms with van der Waals surface area (Å²) in [5.74, 6) is 0.409. The number of nitrogens with one attached hydrogen (secondary N) is 1. The fourth-order valence-electron chi connectivity index (χ4n) is 4.01. The van der Waals surface area contributed by atoms with Gasteiger partial charge in [-0.1, -0.05) is 62.7 Å². The van der Waals surface area contributed by atoms with Gasteiger partial charge in [0.15, 0.2) is 0 Å². The predicted molar refractivity (Wildman–Crippen MR) is 136 cm³/mol. The Bertz CT molecular complexity index is 1460. The third-order valence-electron chi connectivity index (χ3n) is 5.72. The predicted octanol–water partition coefficient (Wildman–Crippen LogP) is 4.77. The van der Waals surface area contributed by atoms with Gasteiger partial charge in [-0.3, -0.25) is 9.59 Å². The molecule has 0 fully saturated rings.